The van der Waals surface area contributed by atoms with Crippen molar-refractivity contribution in [2.75, 3.05) is 25.7 Å². The van der Waals surface area contributed by atoms with Crippen LogP contribution in [-0.2, 0) is 11.8 Å². The zero-order valence-corrected chi connectivity index (χ0v) is 15.6. The van der Waals surface area contributed by atoms with Gasteiger partial charge >= 0.3 is 0 Å². The molecule has 0 saturated heterocycles. The smallest absolute Gasteiger partial charge is 0.128 e. The summed E-state index contributed by atoms with van der Waals surface area (Å²) >= 11 is 0. The van der Waals surface area contributed by atoms with Crippen molar-refractivity contribution in [1.29, 1.82) is 0 Å². The normalized spacial score (nSPS) is 16.4. The molecule has 0 radical (unpaired) electrons. The van der Waals surface area contributed by atoms with E-state index in [1.807, 2.05) is 25.5 Å². The van der Waals surface area contributed by atoms with Crippen molar-refractivity contribution in [3.8, 4) is 11.1 Å². The molecule has 1 aliphatic heterocycles. The molecule has 2 heterocycles. The van der Waals surface area contributed by atoms with Crippen LogP contribution in [0.5, 0.6) is 0 Å². The lowest BCUT2D eigenvalue weighted by Gasteiger charge is -2.14. The highest BCUT2D eigenvalue weighted by atomic mass is 16.5. The molecule has 27 heavy (non-hydrogen) atoms. The number of rotatable bonds is 8. The molecule has 1 atom stereocenters. The van der Waals surface area contributed by atoms with Gasteiger partial charge in [-0.05, 0) is 29.3 Å². The lowest BCUT2D eigenvalue weighted by atomic mass is 9.96. The van der Waals surface area contributed by atoms with E-state index in [0.717, 1.165) is 28.0 Å². The van der Waals surface area contributed by atoms with Crippen LogP contribution in [0.15, 0.2) is 59.6 Å². The second kappa shape index (κ2) is 8.52. The largest absolute Gasteiger partial charge is 0.390 e. The molecule has 1 aromatic heterocycles. The molecule has 0 saturated carbocycles. The van der Waals surface area contributed by atoms with Gasteiger partial charge in [0.05, 0.1) is 30.9 Å². The third-order valence-corrected chi connectivity index (χ3v) is 4.27. The predicted octanol–water partition coefficient (Wildman–Crippen LogP) is 1.68. The topological polar surface area (TPSA) is 102 Å². The Kier molecular flexibility index (Phi) is 5.90. The molecule has 0 unspecified atom stereocenters. The molecule has 3 rings (SSSR count). The third kappa shape index (κ3) is 4.36. The van der Waals surface area contributed by atoms with Gasteiger partial charge in [-0.1, -0.05) is 12.6 Å². The summed E-state index contributed by atoms with van der Waals surface area (Å²) in [7, 11) is 3.56. The molecular weight excluding hydrogens is 342 g/mol. The molecular formula is C19H25N7O. The molecule has 5 N–H and O–H groups in total. The standard InChI is InChI=1S/C19H25N7O/c1-13(8-18(22-12-20)21-6-7-27-3)19-16-9-14(4-5-17(16)24-25-19)15-10-23-26(2)11-15/h4-5,8-12,19,21,24-25H,1,6-7H2,2-3H3,(H2,20,22)/b18-8-/t19-/m0/s1. The van der Waals surface area contributed by atoms with E-state index in [1.165, 1.54) is 6.34 Å². The van der Waals surface area contributed by atoms with Crippen molar-refractivity contribution in [3.05, 3.63) is 60.2 Å². The van der Waals surface area contributed by atoms with Crippen molar-refractivity contribution < 1.29 is 4.74 Å². The lowest BCUT2D eigenvalue weighted by Crippen LogP contribution is -2.21. The number of hydrazine groups is 1. The number of methoxy groups -OCH3 is 1. The number of ether oxygens (including phenoxy) is 1. The fraction of sp³-hybridized carbons (Fsp3) is 0.263. The van der Waals surface area contributed by atoms with Gasteiger partial charge in [0.25, 0.3) is 0 Å². The van der Waals surface area contributed by atoms with Gasteiger partial charge in [0.15, 0.2) is 0 Å². The zero-order valence-electron chi connectivity index (χ0n) is 15.6. The van der Waals surface area contributed by atoms with Crippen LogP contribution in [0, 0.1) is 0 Å². The van der Waals surface area contributed by atoms with Crippen molar-refractivity contribution in [1.82, 2.24) is 20.5 Å². The van der Waals surface area contributed by atoms with E-state index in [1.54, 1.807) is 11.8 Å². The number of aliphatic imine (C=N–C) groups is 1. The van der Waals surface area contributed by atoms with Gasteiger partial charge in [-0.15, -0.1) is 0 Å². The molecule has 0 bridgehead atoms. The van der Waals surface area contributed by atoms with E-state index in [4.69, 9.17) is 10.5 Å². The number of anilines is 1. The molecule has 8 heteroatoms. The van der Waals surface area contributed by atoms with Crippen LogP contribution in [-0.4, -0.2) is 36.4 Å². The molecule has 0 amide bonds. The van der Waals surface area contributed by atoms with Crippen molar-refractivity contribution >= 4 is 12.0 Å². The highest BCUT2D eigenvalue weighted by Gasteiger charge is 2.24. The molecule has 0 spiro atoms. The quantitative estimate of drug-likeness (QED) is 0.245. The summed E-state index contributed by atoms with van der Waals surface area (Å²) < 4.78 is 6.85. The van der Waals surface area contributed by atoms with Gasteiger partial charge in [0.2, 0.25) is 0 Å². The minimum atomic E-state index is -0.0798. The molecule has 1 aliphatic rings. The molecule has 142 valence electrons. The Hall–Kier alpha value is -3.10. The summed E-state index contributed by atoms with van der Waals surface area (Å²) in [6.45, 7) is 5.41. The highest BCUT2D eigenvalue weighted by Crippen LogP contribution is 2.36. The lowest BCUT2D eigenvalue weighted by molar-refractivity contribution is 0.202. The van der Waals surface area contributed by atoms with Crippen LogP contribution in [0.4, 0.5) is 5.69 Å². The summed E-state index contributed by atoms with van der Waals surface area (Å²) in [5, 5.41) is 7.43. The third-order valence-electron chi connectivity index (χ3n) is 4.27. The van der Waals surface area contributed by atoms with E-state index in [9.17, 15) is 0 Å². The molecule has 2 aromatic rings. The number of hydrogen-bond acceptors (Lipinski definition) is 6. The van der Waals surface area contributed by atoms with Crippen molar-refractivity contribution in [2.24, 2.45) is 17.8 Å². The Bertz CT molecular complexity index is 869. The molecule has 0 aliphatic carbocycles. The van der Waals surface area contributed by atoms with E-state index in [2.05, 4.69) is 51.0 Å². The number of nitrogens with two attached hydrogens (primary N) is 1. The Balaban J connectivity index is 1.82. The highest BCUT2D eigenvalue weighted by molar-refractivity contribution is 5.70. The van der Waals surface area contributed by atoms with Gasteiger partial charge in [-0.2, -0.15) is 5.10 Å². The number of hydrogen-bond donors (Lipinski definition) is 4. The minimum absolute atomic E-state index is 0.0798. The number of benzene rings is 1. The first kappa shape index (κ1) is 18.7. The van der Waals surface area contributed by atoms with Gasteiger partial charge in [0.1, 0.15) is 5.82 Å². The first-order valence-corrected chi connectivity index (χ1v) is 8.64. The predicted molar refractivity (Wildman–Crippen MR) is 108 cm³/mol. The van der Waals surface area contributed by atoms with Crippen LogP contribution < -0.4 is 21.9 Å². The van der Waals surface area contributed by atoms with Crippen LogP contribution >= 0.6 is 0 Å². The van der Waals surface area contributed by atoms with E-state index in [0.29, 0.717) is 19.0 Å². The Morgan fingerprint density at radius 1 is 1.48 bits per heavy atom. The van der Waals surface area contributed by atoms with Gasteiger partial charge < -0.3 is 21.2 Å². The van der Waals surface area contributed by atoms with Crippen molar-refractivity contribution in [2.45, 2.75) is 6.04 Å². The second-order valence-electron chi connectivity index (χ2n) is 6.21. The monoisotopic (exact) mass is 367 g/mol. The average molecular weight is 367 g/mol. The van der Waals surface area contributed by atoms with Crippen molar-refractivity contribution in [3.63, 3.8) is 0 Å². The summed E-state index contributed by atoms with van der Waals surface area (Å²) in [4.78, 5) is 4.16. The Morgan fingerprint density at radius 3 is 3.04 bits per heavy atom. The van der Waals surface area contributed by atoms with Crippen LogP contribution in [0.3, 0.4) is 0 Å². The molecule has 0 fully saturated rings. The zero-order chi connectivity index (χ0) is 19.2. The SMILES string of the molecule is C=C(/C=C(\N=CN)NCCOC)[C@@H]1NNc2ccc(-c3cnn(C)c3)cc21. The number of nitrogens with one attached hydrogen (secondary N) is 3. The van der Waals surface area contributed by atoms with Crippen LogP contribution in [0.1, 0.15) is 11.6 Å². The van der Waals surface area contributed by atoms with Gasteiger partial charge in [-0.3, -0.25) is 4.68 Å². The fourth-order valence-electron chi connectivity index (χ4n) is 2.94. The molecule has 1 aromatic carbocycles. The summed E-state index contributed by atoms with van der Waals surface area (Å²) in [5.41, 5.74) is 17.1. The fourth-order valence-corrected chi connectivity index (χ4v) is 2.94. The van der Waals surface area contributed by atoms with Gasteiger partial charge in [-0.25, -0.2) is 10.4 Å². The van der Waals surface area contributed by atoms with Gasteiger partial charge in [0, 0.05) is 38.0 Å². The number of aryl methyl sites for hydroxylation is 1. The number of aromatic nitrogens is 2. The second-order valence-corrected chi connectivity index (χ2v) is 6.21. The van der Waals surface area contributed by atoms with Crippen LogP contribution in [0.2, 0.25) is 0 Å². The number of fused-ring (bicyclic) bond motifs is 1. The number of nitrogens with zero attached hydrogens (tertiary/aromatic N) is 3. The maximum Gasteiger partial charge on any atom is 0.128 e. The first-order valence-electron chi connectivity index (χ1n) is 8.64. The average Bonchev–Trinajstić information content (AvgIpc) is 3.27. The summed E-state index contributed by atoms with van der Waals surface area (Å²) in [5.74, 6) is 0.637. The first-order chi connectivity index (χ1) is 13.1. The maximum absolute atomic E-state index is 5.46. The van der Waals surface area contributed by atoms with E-state index in [-0.39, 0.29) is 6.04 Å². The molecule has 8 nitrogen and oxygen atoms in total. The summed E-state index contributed by atoms with van der Waals surface area (Å²) in [6, 6.07) is 6.19. The summed E-state index contributed by atoms with van der Waals surface area (Å²) in [6.07, 6.45) is 6.99. The van der Waals surface area contributed by atoms with Crippen LogP contribution in [0.25, 0.3) is 11.1 Å². The van der Waals surface area contributed by atoms with E-state index >= 15 is 0 Å². The maximum atomic E-state index is 5.46. The Morgan fingerprint density at radius 2 is 2.33 bits per heavy atom. The minimum Gasteiger partial charge on any atom is -0.390 e. The van der Waals surface area contributed by atoms with E-state index < -0.39 is 0 Å². The Labute approximate surface area is 158 Å².